The third-order valence-electron chi connectivity index (χ3n) is 8.80. The highest BCUT2D eigenvalue weighted by Crippen LogP contribution is 2.47. The van der Waals surface area contributed by atoms with Gasteiger partial charge in [0.2, 0.25) is 11.8 Å². The summed E-state index contributed by atoms with van der Waals surface area (Å²) in [5, 5.41) is 15.6. The van der Waals surface area contributed by atoms with E-state index in [9.17, 15) is 18.7 Å². The number of carbonyl (C=O) groups excluding carboxylic acids is 1. The zero-order valence-corrected chi connectivity index (χ0v) is 24.8. The van der Waals surface area contributed by atoms with E-state index in [1.165, 1.54) is 6.07 Å². The lowest BCUT2D eigenvalue weighted by atomic mass is 9.73. The van der Waals surface area contributed by atoms with Crippen LogP contribution in [0.2, 0.25) is 0 Å². The summed E-state index contributed by atoms with van der Waals surface area (Å²) >= 11 is 0. The average molecular weight is 591 g/mol. The van der Waals surface area contributed by atoms with Gasteiger partial charge in [0.15, 0.2) is 11.6 Å². The number of halogens is 3. The zero-order valence-electron chi connectivity index (χ0n) is 24.8. The minimum atomic E-state index is -2.58. The molecule has 2 aliphatic rings. The number of nitrogens with one attached hydrogen (secondary N) is 1. The Labute approximate surface area is 247 Å². The first-order chi connectivity index (χ1) is 20.1. The standard InChI is InChI=1S/C33H45F3N2O4/c1-37-22-24(18-25-20-32(35,36)21-25)19-30(39)38-16-9-10-26(23-38)33(40,15-6-7-17-41-2)28-13-8-14-29(34)31(28)42-27-11-4-3-5-12-27/h3-5,8,11-14,24-26,37,40H,6-7,9-10,15-23H2,1-2H3/t24-,26-,33+/m1/s1. The van der Waals surface area contributed by atoms with E-state index in [2.05, 4.69) is 5.32 Å². The molecule has 0 bridgehead atoms. The van der Waals surface area contributed by atoms with Crippen LogP contribution in [0.3, 0.4) is 0 Å². The number of amides is 1. The number of hydrogen-bond acceptors (Lipinski definition) is 5. The summed E-state index contributed by atoms with van der Waals surface area (Å²) in [6.07, 6.45) is 3.74. The molecule has 232 valence electrons. The first-order valence-electron chi connectivity index (χ1n) is 15.2. The van der Waals surface area contributed by atoms with Crippen LogP contribution in [0.5, 0.6) is 11.5 Å². The SMILES string of the molecule is CNC[C@@H](CC(=O)N1CCC[C@@H]([C@@](O)(CCCCOC)c2cccc(F)c2Oc2ccccc2)C1)CC1CC(F)(F)C1. The molecule has 0 spiro atoms. The predicted molar refractivity (Wildman–Crippen MR) is 156 cm³/mol. The summed E-state index contributed by atoms with van der Waals surface area (Å²) in [6, 6.07) is 13.5. The molecular weight excluding hydrogens is 545 g/mol. The van der Waals surface area contributed by atoms with E-state index < -0.39 is 17.3 Å². The molecule has 2 aromatic rings. The Morgan fingerprint density at radius 3 is 2.62 bits per heavy atom. The molecule has 2 aromatic carbocycles. The number of hydrogen-bond donors (Lipinski definition) is 2. The summed E-state index contributed by atoms with van der Waals surface area (Å²) in [4.78, 5) is 15.3. The van der Waals surface area contributed by atoms with Crippen LogP contribution in [-0.4, -0.2) is 62.2 Å². The molecule has 3 atom stereocenters. The van der Waals surface area contributed by atoms with Crippen molar-refractivity contribution >= 4 is 5.91 Å². The van der Waals surface area contributed by atoms with Gasteiger partial charge in [-0.3, -0.25) is 4.79 Å². The highest BCUT2D eigenvalue weighted by molar-refractivity contribution is 5.76. The monoisotopic (exact) mass is 590 g/mol. The van der Waals surface area contributed by atoms with Crippen molar-refractivity contribution in [3.63, 3.8) is 0 Å². The van der Waals surface area contributed by atoms with Crippen LogP contribution in [0.4, 0.5) is 13.2 Å². The first-order valence-corrected chi connectivity index (χ1v) is 15.2. The first kappa shape index (κ1) is 32.3. The van der Waals surface area contributed by atoms with Crippen molar-refractivity contribution < 1.29 is 32.5 Å². The molecule has 1 saturated heterocycles. The molecule has 4 rings (SSSR count). The fraction of sp³-hybridized carbons (Fsp3) is 0.606. The molecule has 1 aliphatic heterocycles. The minimum Gasteiger partial charge on any atom is -0.454 e. The average Bonchev–Trinajstić information content (AvgIpc) is 2.96. The molecule has 0 aromatic heterocycles. The van der Waals surface area contributed by atoms with E-state index >= 15 is 4.39 Å². The maximum absolute atomic E-state index is 15.3. The number of aliphatic hydroxyl groups is 1. The Bertz CT molecular complexity index is 1140. The summed E-state index contributed by atoms with van der Waals surface area (Å²) in [7, 11) is 3.44. The molecule has 42 heavy (non-hydrogen) atoms. The second-order valence-corrected chi connectivity index (χ2v) is 12.1. The topological polar surface area (TPSA) is 71.0 Å². The van der Waals surface area contributed by atoms with Gasteiger partial charge in [-0.2, -0.15) is 0 Å². The quantitative estimate of drug-likeness (QED) is 0.231. The number of carbonyl (C=O) groups is 1. The van der Waals surface area contributed by atoms with Crippen molar-refractivity contribution in [3.05, 3.63) is 59.9 Å². The summed E-state index contributed by atoms with van der Waals surface area (Å²) in [6.45, 7) is 2.02. The number of rotatable bonds is 15. The molecule has 2 fully saturated rings. The Morgan fingerprint density at radius 1 is 1.17 bits per heavy atom. The van der Waals surface area contributed by atoms with Crippen LogP contribution in [0.15, 0.2) is 48.5 Å². The van der Waals surface area contributed by atoms with Gasteiger partial charge in [-0.05, 0) is 82.2 Å². The summed E-state index contributed by atoms with van der Waals surface area (Å²) in [5.41, 5.74) is -1.07. The zero-order chi connectivity index (χ0) is 30.2. The lowest BCUT2D eigenvalue weighted by Gasteiger charge is -2.43. The fourth-order valence-electron chi connectivity index (χ4n) is 6.68. The molecule has 2 N–H and O–H groups in total. The number of methoxy groups -OCH3 is 1. The number of piperidine rings is 1. The van der Waals surface area contributed by atoms with E-state index in [0.29, 0.717) is 69.7 Å². The largest absolute Gasteiger partial charge is 0.454 e. The highest BCUT2D eigenvalue weighted by Gasteiger charge is 2.46. The third-order valence-corrected chi connectivity index (χ3v) is 8.80. The van der Waals surface area contributed by atoms with Gasteiger partial charge in [0.1, 0.15) is 5.75 Å². The molecule has 0 radical (unpaired) electrons. The fourth-order valence-corrected chi connectivity index (χ4v) is 6.68. The van der Waals surface area contributed by atoms with Gasteiger partial charge in [-0.15, -0.1) is 0 Å². The van der Waals surface area contributed by atoms with Crippen molar-refractivity contribution in [2.45, 2.75) is 69.3 Å². The smallest absolute Gasteiger partial charge is 0.248 e. The molecule has 6 nitrogen and oxygen atoms in total. The van der Waals surface area contributed by atoms with Gasteiger partial charge in [-0.1, -0.05) is 30.3 Å². The molecule has 1 saturated carbocycles. The highest BCUT2D eigenvalue weighted by atomic mass is 19.3. The maximum Gasteiger partial charge on any atom is 0.248 e. The second-order valence-electron chi connectivity index (χ2n) is 12.1. The molecular formula is C33H45F3N2O4. The number of nitrogens with zero attached hydrogens (tertiary/aromatic N) is 1. The molecule has 9 heteroatoms. The van der Waals surface area contributed by atoms with E-state index in [1.54, 1.807) is 48.4 Å². The Hall–Kier alpha value is -2.62. The Balaban J connectivity index is 1.54. The lowest BCUT2D eigenvalue weighted by molar-refractivity contribution is -0.138. The number of benzene rings is 2. The lowest BCUT2D eigenvalue weighted by Crippen LogP contribution is -2.49. The van der Waals surface area contributed by atoms with Crippen LogP contribution in [0.25, 0.3) is 0 Å². The predicted octanol–water partition coefficient (Wildman–Crippen LogP) is 6.52. The minimum absolute atomic E-state index is 0.00669. The van der Waals surface area contributed by atoms with E-state index in [1.807, 2.05) is 13.1 Å². The number of para-hydroxylation sites is 2. The van der Waals surface area contributed by atoms with Gasteiger partial charge in [0.05, 0.1) is 5.60 Å². The van der Waals surface area contributed by atoms with Crippen molar-refractivity contribution in [2.75, 3.05) is 40.4 Å². The van der Waals surface area contributed by atoms with Gasteiger partial charge in [-0.25, -0.2) is 13.2 Å². The Kier molecular flexibility index (Phi) is 11.3. The van der Waals surface area contributed by atoms with E-state index in [0.717, 1.165) is 6.42 Å². The molecule has 1 aliphatic carbocycles. The van der Waals surface area contributed by atoms with Gasteiger partial charge < -0.3 is 24.8 Å². The van der Waals surface area contributed by atoms with Crippen molar-refractivity contribution in [1.82, 2.24) is 10.2 Å². The van der Waals surface area contributed by atoms with Gasteiger partial charge in [0, 0.05) is 57.6 Å². The van der Waals surface area contributed by atoms with E-state index in [4.69, 9.17) is 9.47 Å². The third kappa shape index (κ3) is 8.26. The van der Waals surface area contributed by atoms with Crippen molar-refractivity contribution in [1.29, 1.82) is 0 Å². The number of alkyl halides is 2. The van der Waals surface area contributed by atoms with Crippen molar-refractivity contribution in [3.8, 4) is 11.5 Å². The molecule has 1 heterocycles. The van der Waals surface area contributed by atoms with Crippen LogP contribution in [0, 0.1) is 23.6 Å². The van der Waals surface area contributed by atoms with Gasteiger partial charge >= 0.3 is 0 Å². The van der Waals surface area contributed by atoms with Crippen LogP contribution < -0.4 is 10.1 Å². The number of likely N-dealkylation sites (tertiary alicyclic amines) is 1. The number of ether oxygens (including phenoxy) is 2. The van der Waals surface area contributed by atoms with Gasteiger partial charge in [0.25, 0.3) is 0 Å². The van der Waals surface area contributed by atoms with Crippen molar-refractivity contribution in [2.24, 2.45) is 17.8 Å². The maximum atomic E-state index is 15.3. The van der Waals surface area contributed by atoms with Crippen LogP contribution in [-0.2, 0) is 15.1 Å². The number of unbranched alkanes of at least 4 members (excludes halogenated alkanes) is 1. The summed E-state index contributed by atoms with van der Waals surface area (Å²) < 4.78 is 53.4. The van der Waals surface area contributed by atoms with E-state index in [-0.39, 0.29) is 48.7 Å². The Morgan fingerprint density at radius 2 is 1.93 bits per heavy atom. The molecule has 1 amide bonds. The molecule has 0 unspecified atom stereocenters. The van der Waals surface area contributed by atoms with Crippen LogP contribution >= 0.6 is 0 Å². The van der Waals surface area contributed by atoms with Crippen LogP contribution in [0.1, 0.15) is 63.4 Å². The second kappa shape index (κ2) is 14.7. The summed E-state index contributed by atoms with van der Waals surface area (Å²) in [5.74, 6) is -3.16. The normalized spacial score (nSPS) is 20.9.